The Bertz CT molecular complexity index is 2060. The number of pyridine rings is 2. The number of hydrogen-bond acceptors (Lipinski definition) is 11. The van der Waals surface area contributed by atoms with Gasteiger partial charge in [-0.3, -0.25) is 14.8 Å². The fraction of sp³-hybridized carbons (Fsp3) is 0.359. The van der Waals surface area contributed by atoms with Gasteiger partial charge >= 0.3 is 24.7 Å². The number of carbonyl (C=O) groups is 3. The fourth-order valence-corrected chi connectivity index (χ4v) is 7.08. The third-order valence-electron chi connectivity index (χ3n) is 9.84. The van der Waals surface area contributed by atoms with E-state index < -0.39 is 24.2 Å². The minimum atomic E-state index is -3.71. The molecule has 326 valence electrons. The van der Waals surface area contributed by atoms with Crippen LogP contribution in [0.15, 0.2) is 73.3 Å². The summed E-state index contributed by atoms with van der Waals surface area (Å²) in [4.78, 5) is 48.1. The summed E-state index contributed by atoms with van der Waals surface area (Å²) in [6.45, 7) is 6.10. The number of ether oxygens (including phenoxy) is 4. The normalized spacial score (nSPS) is 19.1. The predicted molar refractivity (Wildman–Crippen MR) is 204 cm³/mol. The number of carboxylic acid groups (broad SMARTS) is 1. The molecular weight excluding hydrogens is 822 g/mol. The van der Waals surface area contributed by atoms with Gasteiger partial charge in [-0.25, -0.2) is 18.4 Å². The van der Waals surface area contributed by atoms with E-state index in [9.17, 15) is 35.9 Å². The summed E-state index contributed by atoms with van der Waals surface area (Å²) in [5.74, 6) is -1.11. The lowest BCUT2D eigenvalue weighted by atomic mass is 10.1. The van der Waals surface area contributed by atoms with E-state index >= 15 is 0 Å². The van der Waals surface area contributed by atoms with E-state index in [4.69, 9.17) is 9.90 Å². The van der Waals surface area contributed by atoms with Crippen molar-refractivity contribution in [1.29, 1.82) is 0 Å². The van der Waals surface area contributed by atoms with Crippen LogP contribution in [0.2, 0.25) is 0 Å². The Hall–Kier alpha value is -6.87. The average molecular weight is 863 g/mol. The molecule has 0 bridgehead atoms. The molecule has 2 aromatic heterocycles. The molecule has 0 saturated carbocycles. The SMILES string of the molecule is C[C@@H]1CN(c2ccncc2F)CCN1C(=O)NCc1cccc2c1OC(F)(F)O2.C[C@@H]1CN(c2ccncc2F)CCN1C(=O)NCc1cccc2c1OC(F)(F)O2.O=CO. The van der Waals surface area contributed by atoms with E-state index in [1.54, 1.807) is 46.2 Å². The highest BCUT2D eigenvalue weighted by Crippen LogP contribution is 2.44. The van der Waals surface area contributed by atoms with Crippen molar-refractivity contribution in [2.45, 2.75) is 51.6 Å². The van der Waals surface area contributed by atoms with E-state index in [0.717, 1.165) is 12.4 Å². The minimum absolute atomic E-state index is 0.00731. The smallest absolute Gasteiger partial charge is 0.483 e. The number of amides is 4. The molecule has 0 unspecified atom stereocenters. The maximum atomic E-state index is 14.0. The molecule has 8 rings (SSSR count). The summed E-state index contributed by atoms with van der Waals surface area (Å²) in [6, 6.07) is 11.2. The number of carbonyl (C=O) groups excluding carboxylic acids is 2. The number of hydrogen-bond donors (Lipinski definition) is 3. The molecule has 4 aliphatic heterocycles. The number of benzene rings is 2. The third kappa shape index (κ3) is 10.5. The van der Waals surface area contributed by atoms with Crippen LogP contribution in [-0.2, 0) is 17.9 Å². The van der Waals surface area contributed by atoms with Crippen molar-refractivity contribution in [2.24, 2.45) is 0 Å². The van der Waals surface area contributed by atoms with Crippen LogP contribution in [0.5, 0.6) is 23.0 Å². The molecule has 22 heteroatoms. The number of alkyl halides is 4. The third-order valence-corrected chi connectivity index (χ3v) is 9.84. The van der Waals surface area contributed by atoms with Gasteiger partial charge in [0.15, 0.2) is 34.6 Å². The van der Waals surface area contributed by atoms with E-state index in [-0.39, 0.29) is 66.7 Å². The molecule has 4 aromatic rings. The lowest BCUT2D eigenvalue weighted by Crippen LogP contribution is -2.56. The molecule has 16 nitrogen and oxygen atoms in total. The fourth-order valence-electron chi connectivity index (χ4n) is 7.08. The van der Waals surface area contributed by atoms with Crippen molar-refractivity contribution < 1.29 is 64.8 Å². The standard InChI is InChI=1S/2C19H19F3N4O3.CH2O2/c2*1-12-11-25(15-5-6-23-10-14(15)20)7-8-26(12)18(27)24-9-13-3-2-4-16-17(13)29-19(21,22)28-16;2-1-3/h2*2-6,10,12H,7-9,11H2,1H3,(H,24,27);1H,(H,2,3)/t2*12-;/m11./s1. The highest BCUT2D eigenvalue weighted by molar-refractivity contribution is 5.76. The van der Waals surface area contributed by atoms with Gasteiger partial charge in [-0.1, -0.05) is 24.3 Å². The van der Waals surface area contributed by atoms with Gasteiger partial charge in [0.25, 0.3) is 6.47 Å². The second-order valence-electron chi connectivity index (χ2n) is 13.9. The number of urea groups is 2. The number of rotatable bonds is 6. The first-order chi connectivity index (χ1) is 29.1. The second-order valence-corrected chi connectivity index (χ2v) is 13.9. The summed E-state index contributed by atoms with van der Waals surface area (Å²) in [5, 5.41) is 12.3. The Kier molecular flexibility index (Phi) is 13.3. The Morgan fingerprint density at radius 1 is 0.705 bits per heavy atom. The molecule has 4 aliphatic rings. The predicted octanol–water partition coefficient (Wildman–Crippen LogP) is 5.63. The number of aromatic nitrogens is 2. The molecule has 0 aliphatic carbocycles. The molecule has 4 amide bonds. The lowest BCUT2D eigenvalue weighted by molar-refractivity contribution is -0.287. The Morgan fingerprint density at radius 3 is 1.46 bits per heavy atom. The highest BCUT2D eigenvalue weighted by Gasteiger charge is 2.45. The number of nitrogens with one attached hydrogen (secondary N) is 2. The van der Waals surface area contributed by atoms with E-state index in [1.165, 1.54) is 24.5 Å². The van der Waals surface area contributed by atoms with Gasteiger partial charge in [0, 0.05) is 88.0 Å². The number of fused-ring (bicyclic) bond motifs is 2. The van der Waals surface area contributed by atoms with Gasteiger partial charge in [-0.15, -0.1) is 17.6 Å². The minimum Gasteiger partial charge on any atom is -0.483 e. The van der Waals surface area contributed by atoms with E-state index in [2.05, 4.69) is 39.5 Å². The van der Waals surface area contributed by atoms with Crippen LogP contribution in [0.3, 0.4) is 0 Å². The molecule has 2 atom stereocenters. The Balaban J connectivity index is 0.000000192. The molecule has 6 heterocycles. The molecule has 3 N–H and O–H groups in total. The molecule has 61 heavy (non-hydrogen) atoms. The van der Waals surface area contributed by atoms with Crippen LogP contribution < -0.4 is 39.4 Å². The van der Waals surface area contributed by atoms with Crippen LogP contribution in [0.4, 0.5) is 47.3 Å². The van der Waals surface area contributed by atoms with Crippen molar-refractivity contribution in [3.63, 3.8) is 0 Å². The Labute approximate surface area is 344 Å². The maximum Gasteiger partial charge on any atom is 0.586 e. The second kappa shape index (κ2) is 18.6. The number of para-hydroxylation sites is 2. The van der Waals surface area contributed by atoms with Crippen LogP contribution in [0.1, 0.15) is 25.0 Å². The summed E-state index contributed by atoms with van der Waals surface area (Å²) in [5.41, 5.74) is 1.67. The lowest BCUT2D eigenvalue weighted by Gasteiger charge is -2.40. The number of halogens is 6. The number of anilines is 2. The summed E-state index contributed by atoms with van der Waals surface area (Å²) >= 11 is 0. The molecule has 0 spiro atoms. The molecule has 2 aromatic carbocycles. The zero-order valence-corrected chi connectivity index (χ0v) is 32.6. The van der Waals surface area contributed by atoms with Gasteiger partial charge in [0.1, 0.15) is 0 Å². The zero-order chi connectivity index (χ0) is 43.9. The zero-order valence-electron chi connectivity index (χ0n) is 32.6. The average Bonchev–Trinajstić information content (AvgIpc) is 3.73. The van der Waals surface area contributed by atoms with Gasteiger partial charge in [0.2, 0.25) is 0 Å². The molecular formula is C39H40F6N8O8. The first kappa shape index (κ1) is 43.7. The molecule has 0 radical (unpaired) electrons. The monoisotopic (exact) mass is 862 g/mol. The van der Waals surface area contributed by atoms with Crippen LogP contribution in [0, 0.1) is 11.6 Å². The summed E-state index contributed by atoms with van der Waals surface area (Å²) in [6.07, 6.45) is -2.06. The molecule has 2 fully saturated rings. The van der Waals surface area contributed by atoms with Crippen molar-refractivity contribution >= 4 is 29.9 Å². The number of nitrogens with zero attached hydrogens (tertiary/aromatic N) is 6. The summed E-state index contributed by atoms with van der Waals surface area (Å²) in [7, 11) is 0. The van der Waals surface area contributed by atoms with Gasteiger partial charge < -0.3 is 54.3 Å². The van der Waals surface area contributed by atoms with Crippen molar-refractivity contribution in [3.8, 4) is 23.0 Å². The van der Waals surface area contributed by atoms with Crippen LogP contribution in [0.25, 0.3) is 0 Å². The topological polar surface area (TPSA) is 171 Å². The van der Waals surface area contributed by atoms with Gasteiger partial charge in [0.05, 0.1) is 23.8 Å². The maximum absolute atomic E-state index is 14.0. The van der Waals surface area contributed by atoms with E-state index in [1.807, 2.05) is 23.6 Å². The first-order valence-electron chi connectivity index (χ1n) is 18.7. The number of piperazine rings is 2. The van der Waals surface area contributed by atoms with Crippen LogP contribution in [-0.4, -0.2) is 107 Å². The highest BCUT2D eigenvalue weighted by atomic mass is 19.3. The van der Waals surface area contributed by atoms with Gasteiger partial charge in [-0.05, 0) is 38.1 Å². The van der Waals surface area contributed by atoms with E-state index in [0.29, 0.717) is 61.8 Å². The summed E-state index contributed by atoms with van der Waals surface area (Å²) < 4.78 is 99.0. The largest absolute Gasteiger partial charge is 0.586 e. The van der Waals surface area contributed by atoms with Crippen molar-refractivity contribution in [1.82, 2.24) is 30.4 Å². The van der Waals surface area contributed by atoms with Crippen LogP contribution >= 0.6 is 0 Å². The van der Waals surface area contributed by atoms with Gasteiger partial charge in [-0.2, -0.15) is 0 Å². The van der Waals surface area contributed by atoms with Crippen molar-refractivity contribution in [2.75, 3.05) is 49.1 Å². The van der Waals surface area contributed by atoms with Crippen molar-refractivity contribution in [3.05, 3.63) is 96.1 Å². The Morgan fingerprint density at radius 2 is 1.10 bits per heavy atom. The molecule has 2 saturated heterocycles. The quantitative estimate of drug-likeness (QED) is 0.162. The first-order valence-corrected chi connectivity index (χ1v) is 18.7.